The number of ether oxygens (including phenoxy) is 2. The molecule has 1 aromatic carbocycles. The molecule has 0 bridgehead atoms. The Morgan fingerprint density at radius 3 is 2.40 bits per heavy atom. The molecule has 1 rings (SSSR count). The van der Waals surface area contributed by atoms with E-state index in [1.54, 1.807) is 12.1 Å². The molecule has 0 saturated carbocycles. The van der Waals surface area contributed by atoms with E-state index in [-0.39, 0.29) is 5.71 Å². The lowest BCUT2D eigenvalue weighted by molar-refractivity contribution is -0.110. The molecule has 1 amide bonds. The van der Waals surface area contributed by atoms with Crippen LogP contribution in [0.3, 0.4) is 0 Å². The van der Waals surface area contributed by atoms with Crippen LogP contribution in [-0.4, -0.2) is 31.6 Å². The zero-order valence-corrected chi connectivity index (χ0v) is 11.2. The monoisotopic (exact) mass is 279 g/mol. The molecule has 108 valence electrons. The zero-order chi connectivity index (χ0) is 15.1. The number of carbonyl (C=O) groups is 1. The smallest absolute Gasteiger partial charge is 0.275 e. The lowest BCUT2D eigenvalue weighted by atomic mass is 10.2. The van der Waals surface area contributed by atoms with Gasteiger partial charge in [0.2, 0.25) is 0 Å². The van der Waals surface area contributed by atoms with E-state index in [4.69, 9.17) is 9.47 Å². The molecule has 20 heavy (non-hydrogen) atoms. The van der Waals surface area contributed by atoms with E-state index in [0.29, 0.717) is 17.2 Å². The lowest BCUT2D eigenvalue weighted by Crippen LogP contribution is -2.28. The van der Waals surface area contributed by atoms with Crippen molar-refractivity contribution in [3.63, 3.8) is 0 Å². The van der Waals surface area contributed by atoms with Crippen LogP contribution in [0.1, 0.15) is 6.92 Å². The van der Waals surface area contributed by atoms with Crippen LogP contribution in [0.2, 0.25) is 0 Å². The topological polar surface area (TPSA) is 118 Å². The van der Waals surface area contributed by atoms with Gasteiger partial charge in [-0.25, -0.2) is 0 Å². The summed E-state index contributed by atoms with van der Waals surface area (Å²) in [7, 11) is 2.90. The maximum Gasteiger partial charge on any atom is 0.275 e. The number of rotatable bonds is 5. The van der Waals surface area contributed by atoms with Gasteiger partial charge in [-0.3, -0.25) is 4.79 Å². The summed E-state index contributed by atoms with van der Waals surface area (Å²) >= 11 is 0. The first kappa shape index (κ1) is 15.3. The van der Waals surface area contributed by atoms with Crippen molar-refractivity contribution in [2.75, 3.05) is 19.5 Å². The number of hydrogen-bond acceptors (Lipinski definition) is 7. The first-order valence-electron chi connectivity index (χ1n) is 5.48. The average molecular weight is 279 g/mol. The van der Waals surface area contributed by atoms with Gasteiger partial charge in [0.25, 0.3) is 5.91 Å². The molecule has 1 aromatic rings. The second kappa shape index (κ2) is 6.98. The third-order valence-corrected chi connectivity index (χ3v) is 2.44. The van der Waals surface area contributed by atoms with Crippen LogP contribution >= 0.6 is 0 Å². The van der Waals surface area contributed by atoms with Crippen molar-refractivity contribution in [3.8, 4) is 11.5 Å². The maximum absolute atomic E-state index is 11.8. The standard InChI is InChI=1S/C12H15N3O5/c1-7(14-17)11(15-18)12(16)13-9-5-4-8(19-2)6-10(9)20-3/h4-6,17-18H,1-3H3,(H,13,16)/p-2. The number of amides is 1. The van der Waals surface area contributed by atoms with Gasteiger partial charge in [-0.1, -0.05) is 0 Å². The highest BCUT2D eigenvalue weighted by molar-refractivity contribution is 6.68. The number of hydrogen-bond donors (Lipinski definition) is 1. The van der Waals surface area contributed by atoms with E-state index in [9.17, 15) is 15.2 Å². The fourth-order valence-electron chi connectivity index (χ4n) is 1.40. The van der Waals surface area contributed by atoms with Gasteiger partial charge in [-0.15, -0.1) is 0 Å². The number of methoxy groups -OCH3 is 2. The van der Waals surface area contributed by atoms with Gasteiger partial charge in [-0.2, -0.15) is 0 Å². The van der Waals surface area contributed by atoms with Crippen molar-refractivity contribution in [2.24, 2.45) is 10.3 Å². The van der Waals surface area contributed by atoms with E-state index in [1.165, 1.54) is 27.2 Å². The van der Waals surface area contributed by atoms with Gasteiger partial charge in [0, 0.05) is 6.07 Å². The molecule has 1 N–H and O–H groups in total. The van der Waals surface area contributed by atoms with Gasteiger partial charge < -0.3 is 35.5 Å². The zero-order valence-electron chi connectivity index (χ0n) is 11.2. The summed E-state index contributed by atoms with van der Waals surface area (Å²) in [5.41, 5.74) is -0.582. The van der Waals surface area contributed by atoms with E-state index < -0.39 is 11.6 Å². The predicted octanol–water partition coefficient (Wildman–Crippen LogP) is 1.54. The molecule has 0 saturated heterocycles. The summed E-state index contributed by atoms with van der Waals surface area (Å²) in [6.07, 6.45) is 0. The van der Waals surface area contributed by atoms with Gasteiger partial charge in [0.15, 0.2) is 0 Å². The Balaban J connectivity index is 3.01. The quantitative estimate of drug-likeness (QED) is 0.647. The average Bonchev–Trinajstić information content (AvgIpc) is 2.48. The predicted molar refractivity (Wildman–Crippen MR) is 75.5 cm³/mol. The fourth-order valence-corrected chi connectivity index (χ4v) is 1.40. The maximum atomic E-state index is 11.8. The molecule has 0 radical (unpaired) electrons. The van der Waals surface area contributed by atoms with E-state index in [2.05, 4.69) is 15.6 Å². The summed E-state index contributed by atoms with van der Waals surface area (Å²) in [5, 5.41) is 28.3. The van der Waals surface area contributed by atoms with Crippen LogP contribution in [0.5, 0.6) is 11.5 Å². The van der Waals surface area contributed by atoms with Crippen LogP contribution in [0.15, 0.2) is 28.5 Å². The number of carbonyl (C=O) groups excluding carboxylic acids is 1. The Kier molecular flexibility index (Phi) is 5.33. The molecule has 8 heteroatoms. The first-order chi connectivity index (χ1) is 9.57. The Bertz CT molecular complexity index is 554. The Morgan fingerprint density at radius 2 is 1.90 bits per heavy atom. The number of nitrogens with zero attached hydrogens (tertiary/aromatic N) is 2. The molecule has 0 spiro atoms. The van der Waals surface area contributed by atoms with Crippen LogP contribution < -0.4 is 14.8 Å². The number of anilines is 1. The molecule has 0 aliphatic carbocycles. The van der Waals surface area contributed by atoms with E-state index >= 15 is 0 Å². The van der Waals surface area contributed by atoms with Crippen molar-refractivity contribution >= 4 is 23.0 Å². The Morgan fingerprint density at radius 1 is 1.20 bits per heavy atom. The molecule has 8 nitrogen and oxygen atoms in total. The third-order valence-electron chi connectivity index (χ3n) is 2.44. The normalized spacial score (nSPS) is 11.9. The van der Waals surface area contributed by atoms with Crippen molar-refractivity contribution in [1.29, 1.82) is 0 Å². The molecule has 0 unspecified atom stereocenters. The summed E-state index contributed by atoms with van der Waals surface area (Å²) in [6, 6.07) is 4.68. The number of nitrogens with one attached hydrogen (secondary N) is 1. The highest BCUT2D eigenvalue weighted by Crippen LogP contribution is 2.28. The van der Waals surface area contributed by atoms with Gasteiger partial charge >= 0.3 is 0 Å². The van der Waals surface area contributed by atoms with Crippen molar-refractivity contribution < 1.29 is 14.3 Å². The van der Waals surface area contributed by atoms with Crippen LogP contribution in [0.25, 0.3) is 0 Å². The SMILES string of the molecule is COc1ccc(NC(=O)C(=N[O-])C(C)=N[O-])c(OC)c1. The number of benzene rings is 1. The van der Waals surface area contributed by atoms with E-state index in [0.717, 1.165) is 0 Å². The lowest BCUT2D eigenvalue weighted by Gasteiger charge is -2.13. The molecule has 0 heterocycles. The molecular formula is C12H13N3O5-2. The minimum atomic E-state index is -0.847. The first-order valence-corrected chi connectivity index (χ1v) is 5.48. The van der Waals surface area contributed by atoms with Crippen LogP contribution in [-0.2, 0) is 4.79 Å². The third kappa shape index (κ3) is 3.37. The van der Waals surface area contributed by atoms with Gasteiger partial charge in [-0.05, 0) is 19.1 Å². The van der Waals surface area contributed by atoms with Crippen molar-refractivity contribution in [2.45, 2.75) is 6.92 Å². The largest absolute Gasteiger partial charge is 0.792 e. The van der Waals surface area contributed by atoms with E-state index in [1.807, 2.05) is 0 Å². The fraction of sp³-hybridized carbons (Fsp3) is 0.250. The van der Waals surface area contributed by atoms with Crippen LogP contribution in [0.4, 0.5) is 5.69 Å². The molecule has 0 aromatic heterocycles. The molecular weight excluding hydrogens is 266 g/mol. The second-order valence-corrected chi connectivity index (χ2v) is 3.64. The Labute approximate surface area is 115 Å². The second-order valence-electron chi connectivity index (χ2n) is 3.64. The van der Waals surface area contributed by atoms with Crippen molar-refractivity contribution in [3.05, 3.63) is 28.6 Å². The molecule has 0 fully saturated rings. The summed E-state index contributed by atoms with van der Waals surface area (Å²) in [5.74, 6) is 0.0232. The summed E-state index contributed by atoms with van der Waals surface area (Å²) < 4.78 is 10.1. The minimum absolute atomic E-state index is 0.301. The van der Waals surface area contributed by atoms with Gasteiger partial charge in [0.05, 0.1) is 25.6 Å². The van der Waals surface area contributed by atoms with Crippen molar-refractivity contribution in [1.82, 2.24) is 0 Å². The minimum Gasteiger partial charge on any atom is -0.792 e. The van der Waals surface area contributed by atoms with Crippen LogP contribution in [0, 0.1) is 10.4 Å². The summed E-state index contributed by atoms with van der Waals surface area (Å²) in [4.78, 5) is 11.8. The molecule has 0 aliphatic heterocycles. The highest BCUT2D eigenvalue weighted by Gasteiger charge is 2.15. The molecule has 0 atom stereocenters. The molecule has 0 aliphatic rings. The Hall–Kier alpha value is -2.77. The highest BCUT2D eigenvalue weighted by atomic mass is 16.5. The summed E-state index contributed by atoms with van der Waals surface area (Å²) in [6.45, 7) is 1.22. The van der Waals surface area contributed by atoms with Gasteiger partial charge in [0.1, 0.15) is 17.2 Å².